The molecule has 0 bridgehead atoms. The molecule has 1 aliphatic heterocycles. The van der Waals surface area contributed by atoms with Gasteiger partial charge in [-0.3, -0.25) is 9.59 Å². The number of thiophene rings is 1. The highest BCUT2D eigenvalue weighted by molar-refractivity contribution is 7.21. The van der Waals surface area contributed by atoms with Gasteiger partial charge < -0.3 is 15.2 Å². The molecule has 1 fully saturated rings. The van der Waals surface area contributed by atoms with E-state index < -0.39 is 0 Å². The molecular weight excluding hydrogens is 370 g/mol. The van der Waals surface area contributed by atoms with Gasteiger partial charge in [-0.2, -0.15) is 0 Å². The van der Waals surface area contributed by atoms with Crippen molar-refractivity contribution in [3.63, 3.8) is 0 Å². The summed E-state index contributed by atoms with van der Waals surface area (Å²) in [5, 5.41) is 4.59. The molecule has 0 spiro atoms. The summed E-state index contributed by atoms with van der Waals surface area (Å²) in [5.41, 5.74) is 0.663. The fourth-order valence-electron chi connectivity index (χ4n) is 4.42. The third-order valence-electron chi connectivity index (χ3n) is 5.50. The molecule has 0 saturated carbocycles. The van der Waals surface area contributed by atoms with Gasteiger partial charge in [-0.25, -0.2) is 0 Å². The zero-order valence-corrected chi connectivity index (χ0v) is 17.3. The van der Waals surface area contributed by atoms with Gasteiger partial charge in [0, 0.05) is 35.2 Å². The molecule has 0 radical (unpaired) electrons. The Labute approximate surface area is 168 Å². The summed E-state index contributed by atoms with van der Waals surface area (Å²) in [6.45, 7) is 8.62. The third kappa shape index (κ3) is 3.98. The number of pyridine rings is 1. The molecule has 5 nitrogen and oxygen atoms in total. The Morgan fingerprint density at radius 1 is 1.21 bits per heavy atom. The van der Waals surface area contributed by atoms with E-state index in [0.717, 1.165) is 53.5 Å². The number of para-hydroxylation sites is 1. The van der Waals surface area contributed by atoms with Crippen molar-refractivity contribution in [1.29, 1.82) is 0 Å². The quantitative estimate of drug-likeness (QED) is 0.643. The molecule has 0 aliphatic carbocycles. The van der Waals surface area contributed by atoms with Crippen molar-refractivity contribution < 1.29 is 4.79 Å². The number of aromatic amines is 1. The van der Waals surface area contributed by atoms with Gasteiger partial charge >= 0.3 is 0 Å². The Kier molecular flexibility index (Phi) is 5.51. The first kappa shape index (κ1) is 19.2. The molecule has 28 heavy (non-hydrogen) atoms. The Morgan fingerprint density at radius 2 is 1.96 bits per heavy atom. The van der Waals surface area contributed by atoms with Gasteiger partial charge in [0.1, 0.15) is 0 Å². The van der Waals surface area contributed by atoms with Crippen LogP contribution in [-0.2, 0) is 0 Å². The minimum absolute atomic E-state index is 0.0925. The molecule has 148 valence electrons. The predicted octanol–water partition coefficient (Wildman–Crippen LogP) is 3.84. The molecule has 2 atom stereocenters. The van der Waals surface area contributed by atoms with Crippen molar-refractivity contribution in [2.75, 3.05) is 26.2 Å². The van der Waals surface area contributed by atoms with Gasteiger partial charge in [-0.1, -0.05) is 32.0 Å². The van der Waals surface area contributed by atoms with Gasteiger partial charge in [0.15, 0.2) is 0 Å². The van der Waals surface area contributed by atoms with E-state index in [1.54, 1.807) is 6.07 Å². The molecule has 1 saturated heterocycles. The first-order valence-electron chi connectivity index (χ1n) is 10.1. The number of piperidine rings is 1. The van der Waals surface area contributed by atoms with Crippen molar-refractivity contribution >= 4 is 38.2 Å². The Hall–Kier alpha value is -2.18. The van der Waals surface area contributed by atoms with Crippen LogP contribution in [0.15, 0.2) is 35.1 Å². The molecule has 1 amide bonds. The van der Waals surface area contributed by atoms with Crippen LogP contribution in [0.25, 0.3) is 21.0 Å². The number of H-pyrrole nitrogens is 1. The first-order chi connectivity index (χ1) is 13.5. The van der Waals surface area contributed by atoms with Gasteiger partial charge in [-0.05, 0) is 43.4 Å². The van der Waals surface area contributed by atoms with Crippen LogP contribution in [0, 0.1) is 11.8 Å². The zero-order chi connectivity index (χ0) is 19.7. The van der Waals surface area contributed by atoms with E-state index in [2.05, 4.69) is 29.0 Å². The number of nitrogens with one attached hydrogen (secondary N) is 2. The van der Waals surface area contributed by atoms with Crippen molar-refractivity contribution in [2.24, 2.45) is 11.8 Å². The summed E-state index contributed by atoms with van der Waals surface area (Å²) < 4.78 is 0.876. The SMILES string of the molecule is C[C@@H]1C[C@@H](C)CN(CCCNC(=O)c2cc3c(=O)[nH]c4ccccc4c3s2)C1. The number of carbonyl (C=O) groups is 1. The molecule has 1 aliphatic rings. The number of amides is 1. The number of aromatic nitrogens is 1. The van der Waals surface area contributed by atoms with Crippen molar-refractivity contribution in [3.05, 3.63) is 45.6 Å². The van der Waals surface area contributed by atoms with E-state index in [0.29, 0.717) is 16.8 Å². The average molecular weight is 398 g/mol. The summed E-state index contributed by atoms with van der Waals surface area (Å²) in [5.74, 6) is 1.42. The van der Waals surface area contributed by atoms with Gasteiger partial charge in [0.25, 0.3) is 11.5 Å². The van der Waals surface area contributed by atoms with Crippen LogP contribution in [0.4, 0.5) is 0 Å². The molecule has 4 rings (SSSR count). The number of rotatable bonds is 5. The lowest BCUT2D eigenvalue weighted by Crippen LogP contribution is -2.40. The first-order valence-corrected chi connectivity index (χ1v) is 10.9. The number of hydrogen-bond donors (Lipinski definition) is 2. The zero-order valence-electron chi connectivity index (χ0n) is 16.5. The van der Waals surface area contributed by atoms with E-state index in [1.165, 1.54) is 17.8 Å². The number of nitrogens with zero attached hydrogens (tertiary/aromatic N) is 1. The fraction of sp³-hybridized carbons (Fsp3) is 0.455. The van der Waals surface area contributed by atoms with E-state index in [4.69, 9.17) is 0 Å². The maximum Gasteiger partial charge on any atom is 0.261 e. The summed E-state index contributed by atoms with van der Waals surface area (Å²) in [6, 6.07) is 9.43. The third-order valence-corrected chi connectivity index (χ3v) is 6.67. The van der Waals surface area contributed by atoms with Gasteiger partial charge in [-0.15, -0.1) is 11.3 Å². The molecular formula is C22H27N3O2S. The summed E-state index contributed by atoms with van der Waals surface area (Å²) in [4.78, 5) is 30.9. The molecule has 3 aromatic rings. The number of carbonyl (C=O) groups excluding carboxylic acids is 1. The highest BCUT2D eigenvalue weighted by atomic mass is 32.1. The number of likely N-dealkylation sites (tertiary alicyclic amines) is 1. The van der Waals surface area contributed by atoms with Gasteiger partial charge in [0.2, 0.25) is 0 Å². The van der Waals surface area contributed by atoms with E-state index in [1.807, 2.05) is 24.3 Å². The number of fused-ring (bicyclic) bond motifs is 3. The fourth-order valence-corrected chi connectivity index (χ4v) is 5.53. The lowest BCUT2D eigenvalue weighted by Gasteiger charge is -2.34. The van der Waals surface area contributed by atoms with Crippen LogP contribution in [0.3, 0.4) is 0 Å². The molecule has 6 heteroatoms. The van der Waals surface area contributed by atoms with E-state index >= 15 is 0 Å². The van der Waals surface area contributed by atoms with Crippen molar-refractivity contribution in [1.82, 2.24) is 15.2 Å². The van der Waals surface area contributed by atoms with Crippen molar-refractivity contribution in [2.45, 2.75) is 26.7 Å². The van der Waals surface area contributed by atoms with Crippen LogP contribution in [0.5, 0.6) is 0 Å². The van der Waals surface area contributed by atoms with Crippen LogP contribution in [-0.4, -0.2) is 42.0 Å². The van der Waals surface area contributed by atoms with Crippen LogP contribution in [0.2, 0.25) is 0 Å². The Morgan fingerprint density at radius 3 is 2.75 bits per heavy atom. The number of hydrogen-bond acceptors (Lipinski definition) is 4. The Bertz CT molecular complexity index is 1040. The molecule has 1 aromatic carbocycles. The van der Waals surface area contributed by atoms with E-state index in [-0.39, 0.29) is 11.5 Å². The van der Waals surface area contributed by atoms with Crippen molar-refractivity contribution in [3.8, 4) is 0 Å². The lowest BCUT2D eigenvalue weighted by atomic mass is 9.92. The normalized spacial score (nSPS) is 20.6. The van der Waals surface area contributed by atoms with Gasteiger partial charge in [0.05, 0.1) is 10.3 Å². The molecule has 3 heterocycles. The van der Waals surface area contributed by atoms with Crippen LogP contribution < -0.4 is 10.9 Å². The molecule has 2 N–H and O–H groups in total. The average Bonchev–Trinajstić information content (AvgIpc) is 3.11. The lowest BCUT2D eigenvalue weighted by molar-refractivity contribution is 0.0951. The summed E-state index contributed by atoms with van der Waals surface area (Å²) in [7, 11) is 0. The summed E-state index contributed by atoms with van der Waals surface area (Å²) >= 11 is 1.39. The van der Waals surface area contributed by atoms with Crippen LogP contribution >= 0.6 is 11.3 Å². The maximum atomic E-state index is 12.6. The predicted molar refractivity (Wildman–Crippen MR) is 116 cm³/mol. The highest BCUT2D eigenvalue weighted by Gasteiger charge is 2.21. The topological polar surface area (TPSA) is 65.2 Å². The summed E-state index contributed by atoms with van der Waals surface area (Å²) in [6.07, 6.45) is 2.26. The largest absolute Gasteiger partial charge is 0.351 e. The second-order valence-corrected chi connectivity index (χ2v) is 9.22. The van der Waals surface area contributed by atoms with E-state index in [9.17, 15) is 9.59 Å². The van der Waals surface area contributed by atoms with Crippen LogP contribution in [0.1, 0.15) is 36.4 Å². The minimum atomic E-state index is -0.141. The number of benzene rings is 1. The second kappa shape index (κ2) is 8.05. The Balaban J connectivity index is 1.40. The molecule has 2 aromatic heterocycles. The smallest absolute Gasteiger partial charge is 0.261 e. The monoisotopic (exact) mass is 397 g/mol. The highest BCUT2D eigenvalue weighted by Crippen LogP contribution is 2.29. The standard InChI is InChI=1S/C22H27N3O2S/c1-14-10-15(2)13-25(12-14)9-5-8-23-22(27)19-11-17-20(28-19)16-6-3-4-7-18(16)24-21(17)26/h3-4,6-7,11,14-15H,5,8-10,12-13H2,1-2H3,(H,23,27)(H,24,26)/t14-,15-/m1/s1. The molecule has 0 unspecified atom stereocenters. The minimum Gasteiger partial charge on any atom is -0.351 e. The maximum absolute atomic E-state index is 12.6. The second-order valence-electron chi connectivity index (χ2n) is 8.17.